The van der Waals surface area contributed by atoms with Crippen molar-refractivity contribution in [2.75, 3.05) is 22.5 Å². The lowest BCUT2D eigenvalue weighted by Gasteiger charge is -2.23. The molecule has 0 fully saturated rings. The fourth-order valence-corrected chi connectivity index (χ4v) is 5.44. The van der Waals surface area contributed by atoms with Gasteiger partial charge in [0, 0.05) is 34.3 Å². The summed E-state index contributed by atoms with van der Waals surface area (Å²) in [5.74, 6) is -3.30. The Labute approximate surface area is 212 Å². The summed E-state index contributed by atoms with van der Waals surface area (Å²) in [6.45, 7) is 0.239. The number of nitrogens with zero attached hydrogens (tertiary/aromatic N) is 1. The molecule has 3 N–H and O–H groups in total. The molecule has 0 atom stereocenters. The molecule has 1 aliphatic rings. The minimum atomic E-state index is -0.996. The molecule has 36 heavy (non-hydrogen) atoms. The minimum Gasteiger partial charge on any atom is -0.399 e. The highest BCUT2D eigenvalue weighted by Crippen LogP contribution is 2.42. The lowest BCUT2D eigenvalue weighted by molar-refractivity contribution is 0.0985. The number of carbonyl (C=O) groups excluding carboxylic acids is 2. The van der Waals surface area contributed by atoms with E-state index in [9.17, 15) is 22.8 Å². The van der Waals surface area contributed by atoms with Crippen LogP contribution in [0.15, 0.2) is 60.7 Å². The van der Waals surface area contributed by atoms with Crippen molar-refractivity contribution in [2.24, 2.45) is 0 Å². The number of halogens is 4. The second kappa shape index (κ2) is 9.33. The van der Waals surface area contributed by atoms with Gasteiger partial charge in [-0.15, -0.1) is 11.3 Å². The van der Waals surface area contributed by atoms with E-state index < -0.39 is 23.4 Å². The molecule has 1 aromatic heterocycles. The van der Waals surface area contributed by atoms with Crippen LogP contribution in [-0.4, -0.2) is 18.4 Å². The molecule has 5 rings (SSSR count). The number of nitrogens with two attached hydrogens (primary N) is 1. The number of anilines is 3. The van der Waals surface area contributed by atoms with Crippen molar-refractivity contribution in [3.8, 4) is 10.4 Å². The Kier molecular flexibility index (Phi) is 6.19. The molecule has 0 spiro atoms. The van der Waals surface area contributed by atoms with Crippen molar-refractivity contribution in [3.05, 3.63) is 99.1 Å². The summed E-state index contributed by atoms with van der Waals surface area (Å²) in [5.41, 5.74) is 8.06. The van der Waals surface area contributed by atoms with Gasteiger partial charge in [-0.3, -0.25) is 9.59 Å². The van der Waals surface area contributed by atoms with Gasteiger partial charge in [0.05, 0.1) is 21.3 Å². The zero-order chi connectivity index (χ0) is 25.6. The van der Waals surface area contributed by atoms with Crippen molar-refractivity contribution in [2.45, 2.75) is 6.42 Å². The number of nitrogen functional groups attached to an aromatic ring is 1. The fourth-order valence-electron chi connectivity index (χ4n) is 4.06. The van der Waals surface area contributed by atoms with Crippen LogP contribution < -0.4 is 16.0 Å². The summed E-state index contributed by atoms with van der Waals surface area (Å²) in [7, 11) is 0. The first-order chi connectivity index (χ1) is 17.2. The fraction of sp³-hybridized carbons (Fsp3) is 0.0769. The van der Waals surface area contributed by atoms with E-state index in [0.717, 1.165) is 23.0 Å². The van der Waals surface area contributed by atoms with Gasteiger partial charge in [-0.05, 0) is 66.6 Å². The summed E-state index contributed by atoms with van der Waals surface area (Å²) in [6, 6.07) is 13.8. The number of carbonyl (C=O) groups is 2. The Hall–Kier alpha value is -3.82. The third kappa shape index (κ3) is 4.43. The van der Waals surface area contributed by atoms with Gasteiger partial charge in [-0.25, -0.2) is 13.2 Å². The molecule has 0 aliphatic carbocycles. The minimum absolute atomic E-state index is 0.239. The average Bonchev–Trinajstić information content (AvgIpc) is 3.20. The van der Waals surface area contributed by atoms with Crippen molar-refractivity contribution in [1.29, 1.82) is 0 Å². The Balaban J connectivity index is 1.51. The lowest BCUT2D eigenvalue weighted by atomic mass is 10.1. The number of hydrogen-bond acceptors (Lipinski definition) is 4. The van der Waals surface area contributed by atoms with Gasteiger partial charge in [0.15, 0.2) is 5.82 Å². The second-order valence-corrected chi connectivity index (χ2v) is 9.61. The van der Waals surface area contributed by atoms with Crippen LogP contribution in [0.4, 0.5) is 30.2 Å². The van der Waals surface area contributed by atoms with E-state index in [4.69, 9.17) is 17.3 Å². The highest BCUT2D eigenvalue weighted by atomic mass is 35.5. The SMILES string of the molecule is Nc1ccc(C(=O)N2CCc3cc(C(=O)Nc4c(F)cc(F)cc4Cl)sc3-c3ccc(F)cc32)cc1. The van der Waals surface area contributed by atoms with Crippen LogP contribution in [0, 0.1) is 17.5 Å². The van der Waals surface area contributed by atoms with Gasteiger partial charge in [0.1, 0.15) is 11.6 Å². The Morgan fingerprint density at radius 2 is 1.72 bits per heavy atom. The smallest absolute Gasteiger partial charge is 0.265 e. The number of thiophene rings is 1. The summed E-state index contributed by atoms with van der Waals surface area (Å²) < 4.78 is 41.8. The number of rotatable bonds is 3. The molecule has 3 aromatic carbocycles. The van der Waals surface area contributed by atoms with E-state index in [0.29, 0.717) is 39.9 Å². The summed E-state index contributed by atoms with van der Waals surface area (Å²) in [5, 5.41) is 2.13. The van der Waals surface area contributed by atoms with E-state index in [1.165, 1.54) is 17.0 Å². The standard InChI is InChI=1S/C26H17ClF3N3O2S/c27-19-10-16(29)11-20(30)23(19)32-25(34)22-9-14-7-8-33(26(35)13-1-4-17(31)5-2-13)21-12-15(28)3-6-18(21)24(14)36-22/h1-6,9-12H,7-8,31H2,(H,32,34). The monoisotopic (exact) mass is 527 g/mol. The molecule has 0 unspecified atom stereocenters. The molecule has 182 valence electrons. The molecule has 2 amide bonds. The van der Waals surface area contributed by atoms with Gasteiger partial charge in [-0.1, -0.05) is 11.6 Å². The largest absolute Gasteiger partial charge is 0.399 e. The lowest BCUT2D eigenvalue weighted by Crippen LogP contribution is -2.32. The highest BCUT2D eigenvalue weighted by Gasteiger charge is 2.28. The predicted octanol–water partition coefficient (Wildman–Crippen LogP) is 6.52. The summed E-state index contributed by atoms with van der Waals surface area (Å²) in [4.78, 5) is 28.7. The summed E-state index contributed by atoms with van der Waals surface area (Å²) >= 11 is 7.03. The van der Waals surface area contributed by atoms with Crippen molar-refractivity contribution < 1.29 is 22.8 Å². The van der Waals surface area contributed by atoms with E-state index in [1.807, 2.05) is 0 Å². The molecule has 1 aliphatic heterocycles. The quantitative estimate of drug-likeness (QED) is 0.298. The number of amides is 2. The summed E-state index contributed by atoms with van der Waals surface area (Å²) in [6.07, 6.45) is 0.391. The first-order valence-electron chi connectivity index (χ1n) is 10.8. The van der Waals surface area contributed by atoms with Crippen LogP contribution in [-0.2, 0) is 6.42 Å². The number of nitrogens with one attached hydrogen (secondary N) is 1. The Morgan fingerprint density at radius 1 is 0.972 bits per heavy atom. The molecule has 4 aromatic rings. The van der Waals surface area contributed by atoms with Gasteiger partial charge in [-0.2, -0.15) is 0 Å². The normalized spacial score (nSPS) is 12.5. The molecule has 0 saturated carbocycles. The number of hydrogen-bond donors (Lipinski definition) is 2. The zero-order valence-electron chi connectivity index (χ0n) is 18.4. The highest BCUT2D eigenvalue weighted by molar-refractivity contribution is 7.17. The van der Waals surface area contributed by atoms with E-state index in [1.54, 1.807) is 36.4 Å². The van der Waals surface area contributed by atoms with Crippen LogP contribution in [0.5, 0.6) is 0 Å². The van der Waals surface area contributed by atoms with Crippen molar-refractivity contribution in [3.63, 3.8) is 0 Å². The molecular weight excluding hydrogens is 511 g/mol. The van der Waals surface area contributed by atoms with Crippen molar-refractivity contribution in [1.82, 2.24) is 0 Å². The molecular formula is C26H17ClF3N3O2S. The topological polar surface area (TPSA) is 75.4 Å². The molecule has 0 bridgehead atoms. The third-order valence-corrected chi connectivity index (χ3v) is 7.29. The van der Waals surface area contributed by atoms with E-state index in [-0.39, 0.29) is 28.0 Å². The van der Waals surface area contributed by atoms with Gasteiger partial charge in [0.25, 0.3) is 11.8 Å². The Bertz CT molecular complexity index is 1500. The van der Waals surface area contributed by atoms with E-state index in [2.05, 4.69) is 5.32 Å². The van der Waals surface area contributed by atoms with E-state index >= 15 is 0 Å². The van der Waals surface area contributed by atoms with Crippen molar-refractivity contribution >= 4 is 51.8 Å². The van der Waals surface area contributed by atoms with Crippen LogP contribution in [0.2, 0.25) is 5.02 Å². The first kappa shape index (κ1) is 23.9. The maximum atomic E-state index is 14.3. The Morgan fingerprint density at radius 3 is 2.44 bits per heavy atom. The molecule has 0 saturated heterocycles. The molecule has 0 radical (unpaired) electrons. The van der Waals surface area contributed by atoms with Crippen LogP contribution >= 0.6 is 22.9 Å². The van der Waals surface area contributed by atoms with Crippen LogP contribution in [0.25, 0.3) is 10.4 Å². The first-order valence-corrected chi connectivity index (χ1v) is 12.0. The van der Waals surface area contributed by atoms with Crippen LogP contribution in [0.1, 0.15) is 25.6 Å². The predicted molar refractivity (Wildman–Crippen MR) is 135 cm³/mol. The van der Waals surface area contributed by atoms with Crippen LogP contribution in [0.3, 0.4) is 0 Å². The average molecular weight is 528 g/mol. The molecule has 10 heteroatoms. The maximum absolute atomic E-state index is 14.3. The van der Waals surface area contributed by atoms with Gasteiger partial charge in [0.2, 0.25) is 0 Å². The zero-order valence-corrected chi connectivity index (χ0v) is 20.0. The molecule has 2 heterocycles. The number of benzene rings is 3. The number of fused-ring (bicyclic) bond motifs is 3. The third-order valence-electron chi connectivity index (χ3n) is 5.78. The van der Waals surface area contributed by atoms with Gasteiger partial charge >= 0.3 is 0 Å². The maximum Gasteiger partial charge on any atom is 0.265 e. The van der Waals surface area contributed by atoms with Gasteiger partial charge < -0.3 is 16.0 Å². The molecule has 5 nitrogen and oxygen atoms in total. The second-order valence-electron chi connectivity index (χ2n) is 8.15.